The number of aryl methyl sites for hydroxylation is 1. The summed E-state index contributed by atoms with van der Waals surface area (Å²) in [6.07, 6.45) is -3.14. The predicted molar refractivity (Wildman–Crippen MR) is 108 cm³/mol. The Morgan fingerprint density at radius 3 is 2.55 bits per heavy atom. The van der Waals surface area contributed by atoms with Crippen LogP contribution in [0.25, 0.3) is 10.8 Å². The minimum atomic E-state index is -4.78. The summed E-state index contributed by atoms with van der Waals surface area (Å²) in [6, 6.07) is 4.18. The summed E-state index contributed by atoms with van der Waals surface area (Å²) < 4.78 is 53.8. The van der Waals surface area contributed by atoms with Crippen molar-refractivity contribution in [2.75, 3.05) is 23.3 Å². The molecule has 0 amide bonds. The van der Waals surface area contributed by atoms with Gasteiger partial charge in [-0.25, -0.2) is 9.37 Å². The van der Waals surface area contributed by atoms with Crippen LogP contribution in [0.5, 0.6) is 0 Å². The Labute approximate surface area is 175 Å². The third kappa shape index (κ3) is 3.99. The maximum Gasteiger partial charge on any atom is 0.419 e. The van der Waals surface area contributed by atoms with E-state index in [9.17, 15) is 22.7 Å². The van der Waals surface area contributed by atoms with Crippen LogP contribution in [-0.2, 0) is 6.18 Å². The van der Waals surface area contributed by atoms with Gasteiger partial charge in [0, 0.05) is 35.6 Å². The third-order valence-corrected chi connectivity index (χ3v) is 5.38. The van der Waals surface area contributed by atoms with Crippen LogP contribution in [0.1, 0.15) is 36.7 Å². The molecule has 1 fully saturated rings. The van der Waals surface area contributed by atoms with Crippen molar-refractivity contribution in [3.63, 3.8) is 0 Å². The largest absolute Gasteiger partial charge is 0.419 e. The fraction of sp³-hybridized carbons (Fsp3) is 0.381. The molecule has 1 aliphatic rings. The van der Waals surface area contributed by atoms with Crippen LogP contribution < -0.4 is 10.2 Å². The minimum Gasteiger partial charge on any atom is -0.386 e. The van der Waals surface area contributed by atoms with Crippen molar-refractivity contribution in [1.82, 2.24) is 15.2 Å². The molecule has 4 rings (SSSR count). The summed E-state index contributed by atoms with van der Waals surface area (Å²) in [5.74, 6) is -0.377. The van der Waals surface area contributed by atoms with Crippen LogP contribution in [0, 0.1) is 12.7 Å². The van der Waals surface area contributed by atoms with Crippen molar-refractivity contribution in [2.24, 2.45) is 0 Å². The topological polar surface area (TPSA) is 74.2 Å². The van der Waals surface area contributed by atoms with E-state index in [-0.39, 0.29) is 5.56 Å². The molecule has 10 heteroatoms. The predicted octanol–water partition coefficient (Wildman–Crippen LogP) is 4.24. The Morgan fingerprint density at radius 1 is 1.19 bits per heavy atom. The molecule has 6 nitrogen and oxygen atoms in total. The van der Waals surface area contributed by atoms with Crippen molar-refractivity contribution < 1.29 is 22.7 Å². The number of halogens is 4. The monoisotopic (exact) mass is 435 g/mol. The van der Waals surface area contributed by atoms with Crippen LogP contribution in [0.4, 0.5) is 29.2 Å². The number of alkyl halides is 3. The highest BCUT2D eigenvalue weighted by atomic mass is 19.4. The van der Waals surface area contributed by atoms with Crippen molar-refractivity contribution >= 4 is 22.4 Å². The number of fused-ring (bicyclic) bond motifs is 1. The van der Waals surface area contributed by atoms with Crippen LogP contribution >= 0.6 is 0 Å². The van der Waals surface area contributed by atoms with E-state index >= 15 is 0 Å². The highest BCUT2D eigenvalue weighted by molar-refractivity contribution is 5.94. The Hall–Kier alpha value is -3.01. The highest BCUT2D eigenvalue weighted by Crippen LogP contribution is 2.36. The molecule has 1 aromatic carbocycles. The van der Waals surface area contributed by atoms with E-state index in [1.54, 1.807) is 33.0 Å². The lowest BCUT2D eigenvalue weighted by molar-refractivity contribution is -0.140. The lowest BCUT2D eigenvalue weighted by Crippen LogP contribution is -2.60. The van der Waals surface area contributed by atoms with Gasteiger partial charge in [-0.05, 0) is 32.9 Å². The molecule has 1 aliphatic heterocycles. The number of aromatic nitrogens is 3. The van der Waals surface area contributed by atoms with Gasteiger partial charge in [-0.1, -0.05) is 12.1 Å². The zero-order valence-corrected chi connectivity index (χ0v) is 17.1. The normalized spacial score (nSPS) is 16.8. The van der Waals surface area contributed by atoms with E-state index in [1.807, 2.05) is 4.90 Å². The molecule has 1 atom stereocenters. The summed E-state index contributed by atoms with van der Waals surface area (Å²) in [7, 11) is 0. The standard InChI is InChI=1S/C21H21F4N5O/c1-11(13-5-4-6-16(18(13)22)21(23,24)25)27-19-14-7-17(30-9-20(3,31)10-30)26-8-15(14)12(2)28-29-19/h4-8,11,31H,9-10H2,1-3H3,(H,27,29)/t11-/m1/s1. The zero-order chi connectivity index (χ0) is 22.6. The fourth-order valence-electron chi connectivity index (χ4n) is 3.76. The molecule has 0 aliphatic carbocycles. The first-order valence-corrected chi connectivity index (χ1v) is 9.69. The van der Waals surface area contributed by atoms with Crippen LogP contribution in [0.2, 0.25) is 0 Å². The molecule has 1 saturated heterocycles. The first-order valence-electron chi connectivity index (χ1n) is 9.69. The van der Waals surface area contributed by atoms with E-state index < -0.39 is 29.2 Å². The van der Waals surface area contributed by atoms with Crippen molar-refractivity contribution in [2.45, 2.75) is 38.6 Å². The maximum absolute atomic E-state index is 14.6. The summed E-state index contributed by atoms with van der Waals surface area (Å²) >= 11 is 0. The Balaban J connectivity index is 1.69. The van der Waals surface area contributed by atoms with Gasteiger partial charge in [-0.2, -0.15) is 18.3 Å². The Bertz CT molecular complexity index is 1140. The van der Waals surface area contributed by atoms with E-state index in [2.05, 4.69) is 20.5 Å². The Morgan fingerprint density at radius 2 is 1.90 bits per heavy atom. The highest BCUT2D eigenvalue weighted by Gasteiger charge is 2.37. The lowest BCUT2D eigenvalue weighted by Gasteiger charge is -2.45. The van der Waals surface area contributed by atoms with Gasteiger partial charge in [-0.15, -0.1) is 5.10 Å². The quantitative estimate of drug-likeness (QED) is 0.598. The third-order valence-electron chi connectivity index (χ3n) is 5.38. The smallest absolute Gasteiger partial charge is 0.386 e. The van der Waals surface area contributed by atoms with E-state index in [0.29, 0.717) is 47.3 Å². The maximum atomic E-state index is 14.6. The van der Waals surface area contributed by atoms with E-state index in [0.717, 1.165) is 0 Å². The first-order chi connectivity index (χ1) is 14.5. The van der Waals surface area contributed by atoms with Gasteiger partial charge >= 0.3 is 6.18 Å². The van der Waals surface area contributed by atoms with Gasteiger partial charge < -0.3 is 15.3 Å². The molecule has 3 aromatic rings. The molecule has 164 valence electrons. The molecule has 3 heterocycles. The second-order valence-electron chi connectivity index (χ2n) is 8.15. The average molecular weight is 435 g/mol. The summed E-state index contributed by atoms with van der Waals surface area (Å²) in [5, 5.41) is 22.6. The molecular weight excluding hydrogens is 414 g/mol. The van der Waals surface area contributed by atoms with Gasteiger partial charge in [0.05, 0.1) is 22.9 Å². The first kappa shape index (κ1) is 21.2. The van der Waals surface area contributed by atoms with Crippen molar-refractivity contribution in [3.8, 4) is 0 Å². The Kier molecular flexibility index (Phi) is 5.00. The van der Waals surface area contributed by atoms with Crippen LogP contribution in [0.3, 0.4) is 0 Å². The number of anilines is 2. The molecular formula is C21H21F4N5O. The van der Waals surface area contributed by atoms with Crippen LogP contribution in [-0.4, -0.2) is 39.0 Å². The number of nitrogens with one attached hydrogen (secondary N) is 1. The van der Waals surface area contributed by atoms with Gasteiger partial charge in [0.2, 0.25) is 0 Å². The number of hydrogen-bond donors (Lipinski definition) is 2. The van der Waals surface area contributed by atoms with Gasteiger partial charge in [0.25, 0.3) is 0 Å². The summed E-state index contributed by atoms with van der Waals surface area (Å²) in [5.41, 5.74) is -1.58. The van der Waals surface area contributed by atoms with Gasteiger partial charge in [0.1, 0.15) is 11.6 Å². The van der Waals surface area contributed by atoms with Crippen molar-refractivity contribution in [3.05, 3.63) is 53.1 Å². The molecule has 0 unspecified atom stereocenters. The molecule has 0 radical (unpaired) electrons. The fourth-order valence-corrected chi connectivity index (χ4v) is 3.76. The van der Waals surface area contributed by atoms with Crippen LogP contribution in [0.15, 0.2) is 30.5 Å². The number of aliphatic hydroxyl groups is 1. The van der Waals surface area contributed by atoms with Gasteiger partial charge in [0.15, 0.2) is 5.82 Å². The number of pyridine rings is 1. The second-order valence-corrected chi connectivity index (χ2v) is 8.15. The molecule has 0 saturated carbocycles. The molecule has 2 aromatic heterocycles. The van der Waals surface area contributed by atoms with E-state index in [4.69, 9.17) is 0 Å². The number of hydrogen-bond acceptors (Lipinski definition) is 6. The average Bonchev–Trinajstić information content (AvgIpc) is 2.67. The molecule has 0 bridgehead atoms. The SMILES string of the molecule is Cc1nnc(N[C@H](C)c2cccc(C(F)(F)F)c2F)c2cc(N3CC(C)(O)C3)ncc12. The summed E-state index contributed by atoms with van der Waals surface area (Å²) in [6.45, 7) is 5.92. The molecule has 2 N–H and O–H groups in total. The summed E-state index contributed by atoms with van der Waals surface area (Å²) in [4.78, 5) is 6.32. The number of benzene rings is 1. The number of β-amino-alcohol motifs (C(OH)–C–C–N with tert-alkyl or cyclic N) is 1. The molecule has 0 spiro atoms. The zero-order valence-electron chi connectivity index (χ0n) is 17.1. The number of nitrogens with zero attached hydrogens (tertiary/aromatic N) is 4. The molecule has 31 heavy (non-hydrogen) atoms. The van der Waals surface area contributed by atoms with Crippen molar-refractivity contribution in [1.29, 1.82) is 0 Å². The number of rotatable bonds is 4. The lowest BCUT2D eigenvalue weighted by atomic mass is 9.97. The van der Waals surface area contributed by atoms with E-state index in [1.165, 1.54) is 12.1 Å². The minimum absolute atomic E-state index is 0.126. The van der Waals surface area contributed by atoms with Gasteiger partial charge in [-0.3, -0.25) is 0 Å². The second kappa shape index (κ2) is 7.30.